The van der Waals surface area contributed by atoms with E-state index in [1.807, 2.05) is 0 Å². The third-order valence-electron chi connectivity index (χ3n) is 3.84. The van der Waals surface area contributed by atoms with E-state index < -0.39 is 22.2 Å². The topological polar surface area (TPSA) is 119 Å². The first-order valence-corrected chi connectivity index (χ1v) is 6.19. The molecular formula is C14H6N2O6. The highest BCUT2D eigenvalue weighted by Crippen LogP contribution is 2.28. The van der Waals surface area contributed by atoms with Crippen molar-refractivity contribution < 1.29 is 10.4 Å². The summed E-state index contributed by atoms with van der Waals surface area (Å²) in [4.78, 5) is 48.3. The Morgan fingerprint density at radius 2 is 0.909 bits per heavy atom. The van der Waals surface area contributed by atoms with Crippen molar-refractivity contribution in [3.63, 3.8) is 0 Å². The second-order valence-electron chi connectivity index (χ2n) is 4.89. The first kappa shape index (κ1) is 12.3. The predicted octanol–water partition coefficient (Wildman–Crippen LogP) is -0.460. The van der Waals surface area contributed by atoms with Gasteiger partial charge < -0.3 is 10.4 Å². The van der Waals surface area contributed by atoms with Crippen molar-refractivity contribution in [2.24, 2.45) is 0 Å². The van der Waals surface area contributed by atoms with Gasteiger partial charge in [-0.2, -0.15) is 0 Å². The third kappa shape index (κ3) is 1.13. The average Bonchev–Trinajstić information content (AvgIpc) is 2.89. The minimum absolute atomic E-state index is 0.102. The molecule has 2 aromatic heterocycles. The van der Waals surface area contributed by atoms with Crippen LogP contribution in [-0.4, -0.2) is 19.9 Å². The second-order valence-corrected chi connectivity index (χ2v) is 4.89. The summed E-state index contributed by atoms with van der Waals surface area (Å²) in [6.45, 7) is 0. The van der Waals surface area contributed by atoms with Crippen molar-refractivity contribution in [1.29, 1.82) is 0 Å². The minimum Gasteiger partial charge on any atom is -0.422 e. The summed E-state index contributed by atoms with van der Waals surface area (Å²) in [5.41, 5.74) is -4.15. The Morgan fingerprint density at radius 1 is 0.591 bits per heavy atom. The summed E-state index contributed by atoms with van der Waals surface area (Å²) >= 11 is 0. The maximum absolute atomic E-state index is 12.1. The number of nitrogens with zero attached hydrogens (tertiary/aromatic N) is 2. The highest BCUT2D eigenvalue weighted by molar-refractivity contribution is 6.24. The maximum atomic E-state index is 12.1. The Kier molecular flexibility index (Phi) is 2.02. The molecule has 0 bridgehead atoms. The van der Waals surface area contributed by atoms with Crippen LogP contribution in [0.1, 0.15) is 0 Å². The zero-order valence-electron chi connectivity index (χ0n) is 10.7. The van der Waals surface area contributed by atoms with Gasteiger partial charge in [-0.15, -0.1) is 9.46 Å². The summed E-state index contributed by atoms with van der Waals surface area (Å²) in [5.74, 6) is 0. The van der Waals surface area contributed by atoms with E-state index in [1.165, 1.54) is 12.1 Å². The molecule has 0 aliphatic heterocycles. The van der Waals surface area contributed by atoms with Crippen LogP contribution in [0.5, 0.6) is 0 Å². The molecule has 4 aromatic rings. The van der Waals surface area contributed by atoms with Crippen LogP contribution in [0.15, 0.2) is 43.4 Å². The molecule has 0 unspecified atom stereocenters. The van der Waals surface area contributed by atoms with E-state index in [1.54, 1.807) is 12.1 Å². The van der Waals surface area contributed by atoms with Crippen LogP contribution in [0.3, 0.4) is 0 Å². The Bertz CT molecular complexity index is 1210. The van der Waals surface area contributed by atoms with Gasteiger partial charge in [0.15, 0.2) is 0 Å². The van der Waals surface area contributed by atoms with E-state index in [2.05, 4.69) is 0 Å². The van der Waals surface area contributed by atoms with Crippen LogP contribution in [0.4, 0.5) is 0 Å². The highest BCUT2D eigenvalue weighted by Gasteiger charge is 2.25. The predicted molar refractivity (Wildman–Crippen MR) is 76.8 cm³/mol. The lowest BCUT2D eigenvalue weighted by Crippen LogP contribution is -2.23. The number of rotatable bonds is 0. The Morgan fingerprint density at radius 3 is 1.27 bits per heavy atom. The Balaban J connectivity index is 2.68. The van der Waals surface area contributed by atoms with Gasteiger partial charge in [0.2, 0.25) is 0 Å². The zero-order chi connectivity index (χ0) is 15.8. The van der Waals surface area contributed by atoms with E-state index in [9.17, 15) is 29.6 Å². The fourth-order valence-corrected chi connectivity index (χ4v) is 2.92. The molecule has 0 saturated heterocycles. The molecule has 0 aliphatic rings. The normalized spacial score (nSPS) is 11.8. The monoisotopic (exact) mass is 298 g/mol. The van der Waals surface area contributed by atoms with E-state index in [0.29, 0.717) is 0 Å². The minimum atomic E-state index is -1.10. The number of hydrogen-bond donors (Lipinski definition) is 2. The first-order valence-electron chi connectivity index (χ1n) is 6.19. The molecule has 0 saturated carbocycles. The molecule has 8 nitrogen and oxygen atoms in total. The van der Waals surface area contributed by atoms with Crippen LogP contribution < -0.4 is 22.2 Å². The number of aromatic nitrogens is 2. The summed E-state index contributed by atoms with van der Waals surface area (Å²) in [5, 5.41) is 18.6. The molecule has 0 amide bonds. The molecule has 0 spiro atoms. The lowest BCUT2D eigenvalue weighted by atomic mass is 9.99. The summed E-state index contributed by atoms with van der Waals surface area (Å²) in [6, 6.07) is 6.17. The highest BCUT2D eigenvalue weighted by atomic mass is 16.5. The van der Waals surface area contributed by atoms with Crippen molar-refractivity contribution in [2.75, 3.05) is 0 Å². The molecule has 0 radical (unpaired) electrons. The summed E-state index contributed by atoms with van der Waals surface area (Å²) in [7, 11) is 0. The number of hydrogen-bond acceptors (Lipinski definition) is 6. The van der Waals surface area contributed by atoms with Gasteiger partial charge in [-0.1, -0.05) is 24.3 Å². The fraction of sp³-hybridized carbons (Fsp3) is 0. The summed E-state index contributed by atoms with van der Waals surface area (Å²) < 4.78 is -0.204. The van der Waals surface area contributed by atoms with E-state index in [4.69, 9.17) is 0 Å². The molecular weight excluding hydrogens is 292 g/mol. The molecule has 2 heterocycles. The largest absolute Gasteiger partial charge is 0.422 e. The standard InChI is InChI=1S/C14H6N2O6/c17-11-7-5-3-1-2-4-6(5)8-10(9(7)13(19)15(11)21)14(20)16(22)12(8)18/h1-4,21-22H. The smallest absolute Gasteiger partial charge is 0.295 e. The van der Waals surface area contributed by atoms with Gasteiger partial charge in [-0.05, 0) is 10.8 Å². The second kappa shape index (κ2) is 3.61. The van der Waals surface area contributed by atoms with Crippen molar-refractivity contribution in [3.8, 4) is 0 Å². The lowest BCUT2D eigenvalue weighted by molar-refractivity contribution is 0.170. The van der Waals surface area contributed by atoms with Crippen molar-refractivity contribution >= 4 is 32.3 Å². The third-order valence-corrected chi connectivity index (χ3v) is 3.84. The molecule has 0 fully saturated rings. The van der Waals surface area contributed by atoms with Crippen LogP contribution >= 0.6 is 0 Å². The Hall–Kier alpha value is -3.42. The van der Waals surface area contributed by atoms with Gasteiger partial charge in [0, 0.05) is 0 Å². The average molecular weight is 298 g/mol. The first-order chi connectivity index (χ1) is 10.4. The molecule has 2 N–H and O–H groups in total. The summed E-state index contributed by atoms with van der Waals surface area (Å²) in [6.07, 6.45) is 0. The van der Waals surface area contributed by atoms with Gasteiger partial charge in [-0.25, -0.2) is 0 Å². The SMILES string of the molecule is O=c1c2c3ccccc3c3c(=O)n(O)c(=O)c3c2c(=O)n1O. The van der Waals surface area contributed by atoms with Crippen molar-refractivity contribution in [1.82, 2.24) is 9.46 Å². The van der Waals surface area contributed by atoms with Crippen molar-refractivity contribution in [2.45, 2.75) is 0 Å². The molecule has 0 atom stereocenters. The van der Waals surface area contributed by atoms with Gasteiger partial charge >= 0.3 is 0 Å². The maximum Gasteiger partial charge on any atom is 0.295 e. The number of fused-ring (bicyclic) bond motifs is 6. The van der Waals surface area contributed by atoms with Crippen LogP contribution in [-0.2, 0) is 0 Å². The van der Waals surface area contributed by atoms with Gasteiger partial charge in [0.05, 0.1) is 21.5 Å². The number of benzene rings is 2. The quantitative estimate of drug-likeness (QED) is 0.424. The van der Waals surface area contributed by atoms with E-state index in [0.717, 1.165) is 0 Å². The van der Waals surface area contributed by atoms with Crippen LogP contribution in [0, 0.1) is 0 Å². The lowest BCUT2D eigenvalue weighted by Gasteiger charge is -1.99. The van der Waals surface area contributed by atoms with Crippen LogP contribution in [0.25, 0.3) is 32.3 Å². The van der Waals surface area contributed by atoms with Gasteiger partial charge in [0.25, 0.3) is 22.2 Å². The van der Waals surface area contributed by atoms with Gasteiger partial charge in [-0.3, -0.25) is 19.2 Å². The molecule has 4 rings (SSSR count). The fourth-order valence-electron chi connectivity index (χ4n) is 2.92. The van der Waals surface area contributed by atoms with Gasteiger partial charge in [0.1, 0.15) is 0 Å². The molecule has 0 aliphatic carbocycles. The zero-order valence-corrected chi connectivity index (χ0v) is 10.7. The van der Waals surface area contributed by atoms with E-state index in [-0.39, 0.29) is 41.8 Å². The van der Waals surface area contributed by atoms with E-state index >= 15 is 0 Å². The molecule has 22 heavy (non-hydrogen) atoms. The van der Waals surface area contributed by atoms with Crippen LogP contribution in [0.2, 0.25) is 0 Å². The molecule has 108 valence electrons. The molecule has 2 aromatic carbocycles. The Labute approximate surface area is 118 Å². The molecule has 8 heteroatoms. The van der Waals surface area contributed by atoms with Crippen molar-refractivity contribution in [3.05, 3.63) is 65.7 Å².